The normalized spacial score (nSPS) is 14.5. The number of aromatic nitrogens is 1. The van der Waals surface area contributed by atoms with Gasteiger partial charge in [0.15, 0.2) is 11.6 Å². The molecule has 0 aliphatic carbocycles. The van der Waals surface area contributed by atoms with Crippen molar-refractivity contribution < 1.29 is 8.78 Å². The van der Waals surface area contributed by atoms with E-state index in [9.17, 15) is 8.78 Å². The van der Waals surface area contributed by atoms with E-state index in [-0.39, 0.29) is 5.56 Å². The van der Waals surface area contributed by atoms with Gasteiger partial charge in [-0.05, 0) is 68.2 Å². The van der Waals surface area contributed by atoms with Gasteiger partial charge < -0.3 is 5.32 Å². The van der Waals surface area contributed by atoms with Gasteiger partial charge in [-0.3, -0.25) is 14.9 Å². The Hall–Kier alpha value is -3.38. The average molecular weight is 447 g/mol. The van der Waals surface area contributed by atoms with Crippen LogP contribution in [0.15, 0.2) is 72.0 Å². The molecule has 1 aliphatic heterocycles. The number of rotatable bonds is 7. The fourth-order valence-corrected chi connectivity index (χ4v) is 4.24. The Balaban J connectivity index is 1.57. The monoisotopic (exact) mass is 446 g/mol. The van der Waals surface area contributed by atoms with Crippen LogP contribution >= 0.6 is 0 Å². The molecule has 0 atom stereocenters. The zero-order chi connectivity index (χ0) is 23.4. The summed E-state index contributed by atoms with van der Waals surface area (Å²) in [5, 5.41) is 3.35. The average Bonchev–Trinajstić information content (AvgIpc) is 3.31. The third-order valence-electron chi connectivity index (χ3n) is 5.96. The molecular formula is C27H28F2N4. The lowest BCUT2D eigenvalue weighted by Gasteiger charge is -2.17. The summed E-state index contributed by atoms with van der Waals surface area (Å²) in [5.41, 5.74) is 5.73. The van der Waals surface area contributed by atoms with Crippen LogP contribution in [-0.4, -0.2) is 35.7 Å². The molecule has 1 saturated heterocycles. The predicted molar refractivity (Wildman–Crippen MR) is 131 cm³/mol. The maximum absolute atomic E-state index is 14.4. The first-order valence-corrected chi connectivity index (χ1v) is 11.1. The standard InChI is InChI=1S/C27H28F2N4/c1-18-9-10-20(23-7-6-8-25(28)26(23)29)15-24(18)27(30-3)19(2)32-21-11-12-31-22(16-21)17-33-13-4-5-14-33/h6-12,15-16H,2,4-5,13-14,17H2,1,3H3,(H,31,32). The number of nitrogens with one attached hydrogen (secondary N) is 1. The van der Waals surface area contributed by atoms with Gasteiger partial charge in [-0.2, -0.15) is 0 Å². The molecule has 1 N–H and O–H groups in total. The molecule has 1 fully saturated rings. The fourth-order valence-electron chi connectivity index (χ4n) is 4.24. The lowest BCUT2D eigenvalue weighted by molar-refractivity contribution is 0.327. The van der Waals surface area contributed by atoms with Gasteiger partial charge in [-0.15, -0.1) is 0 Å². The summed E-state index contributed by atoms with van der Waals surface area (Å²) in [6.07, 6.45) is 4.27. The molecule has 1 aliphatic rings. The van der Waals surface area contributed by atoms with E-state index in [2.05, 4.69) is 26.8 Å². The SMILES string of the molecule is C=C(Nc1ccnc(CN2CCCC2)c1)C(=NC)c1cc(-c2cccc(F)c2F)ccc1C. The van der Waals surface area contributed by atoms with Crippen molar-refractivity contribution in [1.82, 2.24) is 9.88 Å². The minimum absolute atomic E-state index is 0.214. The molecule has 33 heavy (non-hydrogen) atoms. The predicted octanol–water partition coefficient (Wildman–Crippen LogP) is 5.98. The van der Waals surface area contributed by atoms with Crippen molar-refractivity contribution >= 4 is 11.4 Å². The van der Waals surface area contributed by atoms with E-state index in [0.29, 0.717) is 17.0 Å². The molecule has 0 spiro atoms. The molecule has 0 unspecified atom stereocenters. The van der Waals surface area contributed by atoms with Crippen molar-refractivity contribution in [3.05, 3.63) is 95.5 Å². The molecule has 2 aromatic carbocycles. The summed E-state index contributed by atoms with van der Waals surface area (Å²) in [5.74, 6) is -1.73. The molecule has 2 heterocycles. The second kappa shape index (κ2) is 10.0. The van der Waals surface area contributed by atoms with Gasteiger partial charge in [0.1, 0.15) is 0 Å². The number of aryl methyl sites for hydroxylation is 1. The molecule has 4 rings (SSSR count). The largest absolute Gasteiger partial charge is 0.354 e. The number of anilines is 1. The summed E-state index contributed by atoms with van der Waals surface area (Å²) in [6, 6.07) is 13.6. The Morgan fingerprint density at radius 1 is 1.12 bits per heavy atom. The van der Waals surface area contributed by atoms with Crippen molar-refractivity contribution in [1.29, 1.82) is 0 Å². The zero-order valence-corrected chi connectivity index (χ0v) is 19.0. The summed E-state index contributed by atoms with van der Waals surface area (Å²) in [7, 11) is 1.70. The second-order valence-corrected chi connectivity index (χ2v) is 8.33. The van der Waals surface area contributed by atoms with Crippen LogP contribution in [0.5, 0.6) is 0 Å². The molecule has 0 saturated carbocycles. The van der Waals surface area contributed by atoms with Gasteiger partial charge >= 0.3 is 0 Å². The third-order valence-corrected chi connectivity index (χ3v) is 5.96. The molecule has 0 bridgehead atoms. The van der Waals surface area contributed by atoms with Crippen LogP contribution in [0, 0.1) is 18.6 Å². The van der Waals surface area contributed by atoms with Crippen molar-refractivity contribution in [2.24, 2.45) is 4.99 Å². The van der Waals surface area contributed by atoms with Gasteiger partial charge in [0.05, 0.1) is 17.1 Å². The van der Waals surface area contributed by atoms with E-state index in [4.69, 9.17) is 0 Å². The van der Waals surface area contributed by atoms with Crippen LogP contribution in [-0.2, 0) is 6.54 Å². The van der Waals surface area contributed by atoms with Crippen LogP contribution in [0.1, 0.15) is 29.7 Å². The van der Waals surface area contributed by atoms with E-state index < -0.39 is 11.6 Å². The van der Waals surface area contributed by atoms with E-state index in [1.54, 1.807) is 25.4 Å². The molecular weight excluding hydrogens is 418 g/mol. The first-order valence-electron chi connectivity index (χ1n) is 11.1. The highest BCUT2D eigenvalue weighted by Crippen LogP contribution is 2.28. The highest BCUT2D eigenvalue weighted by molar-refractivity contribution is 6.15. The summed E-state index contributed by atoms with van der Waals surface area (Å²) in [6.45, 7) is 9.21. The summed E-state index contributed by atoms with van der Waals surface area (Å²) >= 11 is 0. The molecule has 0 amide bonds. The summed E-state index contributed by atoms with van der Waals surface area (Å²) < 4.78 is 28.2. The van der Waals surface area contributed by atoms with Crippen molar-refractivity contribution in [3.8, 4) is 11.1 Å². The number of allylic oxidation sites excluding steroid dienone is 1. The molecule has 170 valence electrons. The first kappa shape index (κ1) is 22.8. The maximum atomic E-state index is 14.4. The Bertz CT molecular complexity index is 1200. The first-order chi connectivity index (χ1) is 16.0. The Kier molecular flexibility index (Phi) is 6.94. The topological polar surface area (TPSA) is 40.5 Å². The van der Waals surface area contributed by atoms with E-state index in [1.807, 2.05) is 31.2 Å². The minimum Gasteiger partial charge on any atom is -0.354 e. The highest BCUT2D eigenvalue weighted by atomic mass is 19.2. The Labute approximate surface area is 193 Å². The zero-order valence-electron chi connectivity index (χ0n) is 19.0. The van der Waals surface area contributed by atoms with Gasteiger partial charge in [0.2, 0.25) is 0 Å². The smallest absolute Gasteiger partial charge is 0.166 e. The number of likely N-dealkylation sites (tertiary alicyclic amines) is 1. The van der Waals surface area contributed by atoms with E-state index in [0.717, 1.165) is 48.2 Å². The van der Waals surface area contributed by atoms with Gasteiger partial charge in [-0.25, -0.2) is 8.78 Å². The highest BCUT2D eigenvalue weighted by Gasteiger charge is 2.16. The molecule has 1 aromatic heterocycles. The van der Waals surface area contributed by atoms with E-state index in [1.165, 1.54) is 18.9 Å². The molecule has 6 heteroatoms. The van der Waals surface area contributed by atoms with Crippen LogP contribution in [0.3, 0.4) is 0 Å². The quantitative estimate of drug-likeness (QED) is 0.454. The maximum Gasteiger partial charge on any atom is 0.166 e. The van der Waals surface area contributed by atoms with Crippen LogP contribution < -0.4 is 5.32 Å². The van der Waals surface area contributed by atoms with Gasteiger partial charge in [-0.1, -0.05) is 30.8 Å². The van der Waals surface area contributed by atoms with Crippen LogP contribution in [0.4, 0.5) is 14.5 Å². The number of halogens is 2. The van der Waals surface area contributed by atoms with Crippen molar-refractivity contribution in [3.63, 3.8) is 0 Å². The van der Waals surface area contributed by atoms with E-state index >= 15 is 0 Å². The van der Waals surface area contributed by atoms with Crippen molar-refractivity contribution in [2.75, 3.05) is 25.5 Å². The lowest BCUT2D eigenvalue weighted by Crippen LogP contribution is -2.19. The number of hydrogen-bond donors (Lipinski definition) is 1. The second-order valence-electron chi connectivity index (χ2n) is 8.33. The fraction of sp³-hybridized carbons (Fsp3) is 0.259. The molecule has 4 nitrogen and oxygen atoms in total. The number of nitrogens with zero attached hydrogens (tertiary/aromatic N) is 3. The Morgan fingerprint density at radius 3 is 2.67 bits per heavy atom. The van der Waals surface area contributed by atoms with Crippen LogP contribution in [0.2, 0.25) is 0 Å². The number of aliphatic imine (C=N–C) groups is 1. The van der Waals surface area contributed by atoms with Gasteiger partial charge in [0, 0.05) is 36.6 Å². The third kappa shape index (κ3) is 5.17. The summed E-state index contributed by atoms with van der Waals surface area (Å²) in [4.78, 5) is 11.4. The Morgan fingerprint density at radius 2 is 1.91 bits per heavy atom. The van der Waals surface area contributed by atoms with Gasteiger partial charge in [0.25, 0.3) is 0 Å². The number of benzene rings is 2. The molecule has 3 aromatic rings. The van der Waals surface area contributed by atoms with Crippen LogP contribution in [0.25, 0.3) is 11.1 Å². The lowest BCUT2D eigenvalue weighted by atomic mass is 9.95. The minimum atomic E-state index is -0.868. The number of pyridine rings is 1. The number of hydrogen-bond acceptors (Lipinski definition) is 4. The molecule has 0 radical (unpaired) electrons. The van der Waals surface area contributed by atoms with Crippen molar-refractivity contribution in [2.45, 2.75) is 26.3 Å².